The summed E-state index contributed by atoms with van der Waals surface area (Å²) in [7, 11) is 0. The van der Waals surface area contributed by atoms with E-state index in [0.717, 1.165) is 16.2 Å². The highest BCUT2D eigenvalue weighted by Crippen LogP contribution is 2.18. The van der Waals surface area contributed by atoms with E-state index in [1.807, 2.05) is 0 Å². The van der Waals surface area contributed by atoms with Crippen molar-refractivity contribution < 1.29 is 24.3 Å². The van der Waals surface area contributed by atoms with Gasteiger partial charge in [-0.1, -0.05) is 0 Å². The van der Waals surface area contributed by atoms with Crippen LogP contribution in [0.1, 0.15) is 17.4 Å². The van der Waals surface area contributed by atoms with E-state index in [-0.39, 0.29) is 29.8 Å². The van der Waals surface area contributed by atoms with E-state index < -0.39 is 23.8 Å². The summed E-state index contributed by atoms with van der Waals surface area (Å²) in [6, 6.07) is -1.14. The molecule has 0 spiro atoms. The molecule has 0 saturated carbocycles. The number of hydrogen-bond donors (Lipinski definition) is 3. The number of thiazole rings is 1. The van der Waals surface area contributed by atoms with Crippen LogP contribution in [0.25, 0.3) is 0 Å². The van der Waals surface area contributed by atoms with Crippen molar-refractivity contribution in [2.45, 2.75) is 13.0 Å². The van der Waals surface area contributed by atoms with Gasteiger partial charge in [0.25, 0.3) is 5.91 Å². The first-order valence-electron chi connectivity index (χ1n) is 5.92. The minimum Gasteiger partial charge on any atom is -0.480 e. The number of amides is 3. The first kappa shape index (κ1) is 14.9. The number of nitrogens with one attached hydrogen (secondary N) is 2. The summed E-state index contributed by atoms with van der Waals surface area (Å²) < 4.78 is 0. The van der Waals surface area contributed by atoms with Gasteiger partial charge in [0.15, 0.2) is 5.13 Å². The second kappa shape index (κ2) is 5.87. The Morgan fingerprint density at radius 3 is 2.86 bits per heavy atom. The van der Waals surface area contributed by atoms with Crippen LogP contribution in [0.3, 0.4) is 0 Å². The van der Waals surface area contributed by atoms with Gasteiger partial charge >= 0.3 is 5.97 Å². The molecule has 1 aromatic heterocycles. The van der Waals surface area contributed by atoms with Crippen LogP contribution in [-0.4, -0.2) is 57.8 Å². The predicted octanol–water partition coefficient (Wildman–Crippen LogP) is -0.873. The van der Waals surface area contributed by atoms with Crippen molar-refractivity contribution in [1.29, 1.82) is 0 Å². The Morgan fingerprint density at radius 2 is 2.24 bits per heavy atom. The van der Waals surface area contributed by atoms with Crippen molar-refractivity contribution >= 4 is 40.2 Å². The molecule has 1 aromatic rings. The normalized spacial score (nSPS) is 18.0. The van der Waals surface area contributed by atoms with Crippen LogP contribution in [0.4, 0.5) is 5.13 Å². The monoisotopic (exact) mass is 312 g/mol. The standard InChI is InChI=1S/C11H12N4O5S/c1-5(16)13-11-14-6(4-21-11)9(18)15-3-8(17)12-2-7(15)10(19)20/h4,7H,2-3H2,1H3,(H,12,17)(H,19,20)(H,13,14,16). The van der Waals surface area contributed by atoms with Crippen molar-refractivity contribution in [3.63, 3.8) is 0 Å². The number of aliphatic carboxylic acids is 1. The van der Waals surface area contributed by atoms with Gasteiger partial charge in [-0.2, -0.15) is 0 Å². The lowest BCUT2D eigenvalue weighted by molar-refractivity contribution is -0.144. The fraction of sp³-hybridized carbons (Fsp3) is 0.364. The highest BCUT2D eigenvalue weighted by molar-refractivity contribution is 7.14. The van der Waals surface area contributed by atoms with Crippen LogP contribution in [0, 0.1) is 0 Å². The zero-order valence-corrected chi connectivity index (χ0v) is 11.8. The highest BCUT2D eigenvalue weighted by atomic mass is 32.1. The molecule has 0 aromatic carbocycles. The van der Waals surface area contributed by atoms with Crippen molar-refractivity contribution in [3.05, 3.63) is 11.1 Å². The van der Waals surface area contributed by atoms with Crippen LogP contribution in [0.5, 0.6) is 0 Å². The van der Waals surface area contributed by atoms with E-state index >= 15 is 0 Å². The van der Waals surface area contributed by atoms with E-state index in [0.29, 0.717) is 0 Å². The largest absolute Gasteiger partial charge is 0.480 e. The summed E-state index contributed by atoms with van der Waals surface area (Å²) in [4.78, 5) is 50.5. The zero-order chi connectivity index (χ0) is 15.6. The molecule has 2 heterocycles. The average molecular weight is 312 g/mol. The van der Waals surface area contributed by atoms with Gasteiger partial charge in [-0.15, -0.1) is 11.3 Å². The number of rotatable bonds is 3. The van der Waals surface area contributed by atoms with Crippen molar-refractivity contribution in [2.75, 3.05) is 18.4 Å². The number of hydrogen-bond acceptors (Lipinski definition) is 6. The number of carboxylic acid groups (broad SMARTS) is 1. The van der Waals surface area contributed by atoms with Crippen molar-refractivity contribution in [2.24, 2.45) is 0 Å². The maximum atomic E-state index is 12.3. The van der Waals surface area contributed by atoms with Gasteiger partial charge in [0.05, 0.1) is 0 Å². The van der Waals surface area contributed by atoms with Gasteiger partial charge in [0.1, 0.15) is 18.3 Å². The summed E-state index contributed by atoms with van der Waals surface area (Å²) in [5.74, 6) is -2.63. The summed E-state index contributed by atoms with van der Waals surface area (Å²) >= 11 is 1.04. The minimum absolute atomic E-state index is 0.00954. The number of nitrogens with zero attached hydrogens (tertiary/aromatic N) is 2. The number of carboxylic acids is 1. The van der Waals surface area contributed by atoms with E-state index in [1.54, 1.807) is 0 Å². The summed E-state index contributed by atoms with van der Waals surface area (Å²) in [5, 5.41) is 15.6. The van der Waals surface area contributed by atoms with E-state index in [4.69, 9.17) is 5.11 Å². The van der Waals surface area contributed by atoms with Crippen LogP contribution < -0.4 is 10.6 Å². The Labute approximate surface area is 123 Å². The SMILES string of the molecule is CC(=O)Nc1nc(C(=O)N2CC(=O)NCC2C(=O)O)cs1. The summed E-state index contributed by atoms with van der Waals surface area (Å²) in [5.41, 5.74) is -0.00954. The smallest absolute Gasteiger partial charge is 0.328 e. The molecule has 112 valence electrons. The molecule has 10 heteroatoms. The molecule has 1 fully saturated rings. The third-order valence-electron chi connectivity index (χ3n) is 2.73. The first-order chi connectivity index (χ1) is 9.88. The second-order valence-electron chi connectivity index (χ2n) is 4.31. The van der Waals surface area contributed by atoms with E-state index in [1.165, 1.54) is 12.3 Å². The molecule has 1 unspecified atom stereocenters. The molecule has 1 atom stereocenters. The lowest BCUT2D eigenvalue weighted by atomic mass is 10.1. The van der Waals surface area contributed by atoms with Crippen LogP contribution >= 0.6 is 11.3 Å². The van der Waals surface area contributed by atoms with Crippen LogP contribution in [0.15, 0.2) is 5.38 Å². The van der Waals surface area contributed by atoms with Crippen molar-refractivity contribution in [3.8, 4) is 0 Å². The van der Waals surface area contributed by atoms with Crippen LogP contribution in [0.2, 0.25) is 0 Å². The van der Waals surface area contributed by atoms with Gasteiger partial charge in [-0.05, 0) is 0 Å². The van der Waals surface area contributed by atoms with E-state index in [9.17, 15) is 19.2 Å². The Kier molecular flexibility index (Phi) is 4.17. The van der Waals surface area contributed by atoms with Gasteiger partial charge in [0, 0.05) is 18.8 Å². The second-order valence-corrected chi connectivity index (χ2v) is 5.17. The molecule has 9 nitrogen and oxygen atoms in total. The molecule has 0 aliphatic carbocycles. The summed E-state index contributed by atoms with van der Waals surface area (Å²) in [6.07, 6.45) is 0. The molecule has 3 N–H and O–H groups in total. The van der Waals surface area contributed by atoms with Crippen LogP contribution in [-0.2, 0) is 14.4 Å². The molecule has 1 aliphatic rings. The Bertz CT molecular complexity index is 614. The lowest BCUT2D eigenvalue weighted by Gasteiger charge is -2.32. The molecule has 21 heavy (non-hydrogen) atoms. The predicted molar refractivity (Wildman–Crippen MR) is 71.9 cm³/mol. The van der Waals surface area contributed by atoms with Gasteiger partial charge in [-0.25, -0.2) is 9.78 Å². The minimum atomic E-state index is -1.21. The highest BCUT2D eigenvalue weighted by Gasteiger charge is 2.36. The molecule has 2 rings (SSSR count). The molecule has 3 amide bonds. The van der Waals surface area contributed by atoms with Crippen molar-refractivity contribution in [1.82, 2.24) is 15.2 Å². The zero-order valence-electron chi connectivity index (χ0n) is 11.0. The third kappa shape index (κ3) is 3.34. The Balaban J connectivity index is 2.20. The quantitative estimate of drug-likeness (QED) is 0.665. The molecule has 1 aliphatic heterocycles. The Hall–Kier alpha value is -2.49. The number of anilines is 1. The van der Waals surface area contributed by atoms with Gasteiger partial charge < -0.3 is 20.6 Å². The molecule has 1 saturated heterocycles. The lowest BCUT2D eigenvalue weighted by Crippen LogP contribution is -2.59. The molecule has 0 bridgehead atoms. The maximum Gasteiger partial charge on any atom is 0.328 e. The molecular weight excluding hydrogens is 300 g/mol. The number of carbonyl (C=O) groups is 4. The fourth-order valence-electron chi connectivity index (χ4n) is 1.80. The Morgan fingerprint density at radius 1 is 1.52 bits per heavy atom. The fourth-order valence-corrected chi connectivity index (χ4v) is 2.53. The molecule has 0 radical (unpaired) electrons. The average Bonchev–Trinajstić information content (AvgIpc) is 2.85. The van der Waals surface area contributed by atoms with Gasteiger partial charge in [0.2, 0.25) is 11.8 Å². The first-order valence-corrected chi connectivity index (χ1v) is 6.80. The number of piperazine rings is 1. The van der Waals surface area contributed by atoms with E-state index in [2.05, 4.69) is 15.6 Å². The number of aromatic nitrogens is 1. The summed E-state index contributed by atoms with van der Waals surface area (Å²) in [6.45, 7) is 0.809. The topological polar surface area (TPSA) is 129 Å². The number of carbonyl (C=O) groups excluding carboxylic acids is 3. The van der Waals surface area contributed by atoms with Gasteiger partial charge in [-0.3, -0.25) is 14.4 Å². The third-order valence-corrected chi connectivity index (χ3v) is 3.49. The molecular formula is C11H12N4O5S. The maximum absolute atomic E-state index is 12.3.